The van der Waals surface area contributed by atoms with Crippen LogP contribution in [0.25, 0.3) is 16.7 Å². The van der Waals surface area contributed by atoms with Crippen LogP contribution in [0.4, 0.5) is 5.82 Å². The van der Waals surface area contributed by atoms with E-state index in [2.05, 4.69) is 36.3 Å². The summed E-state index contributed by atoms with van der Waals surface area (Å²) in [6, 6.07) is 7.95. The fraction of sp³-hybridized carbons (Fsp3) is 0.154. The largest absolute Gasteiger partial charge is 0.372 e. The van der Waals surface area contributed by atoms with Gasteiger partial charge in [-0.15, -0.1) is 0 Å². The lowest BCUT2D eigenvalue weighted by Gasteiger charge is -2.05. The van der Waals surface area contributed by atoms with Crippen molar-refractivity contribution in [1.29, 1.82) is 0 Å². The van der Waals surface area contributed by atoms with E-state index in [1.54, 1.807) is 6.20 Å². The number of aryl methyl sites for hydroxylation is 1. The van der Waals surface area contributed by atoms with Gasteiger partial charge in [0, 0.05) is 11.5 Å². The monoisotopic (exact) mass is 317 g/mol. The molecule has 0 fully saturated rings. The van der Waals surface area contributed by atoms with Crippen molar-refractivity contribution in [1.82, 2.24) is 19.7 Å². The van der Waals surface area contributed by atoms with Crippen molar-refractivity contribution in [3.05, 3.63) is 40.8 Å². The molecular formula is C13H12BrN5. The molecule has 2 heterocycles. The molecule has 0 radical (unpaired) electrons. The summed E-state index contributed by atoms with van der Waals surface area (Å²) in [5.41, 5.74) is 1.78. The number of rotatable bonds is 2. The third kappa shape index (κ3) is 2.08. The van der Waals surface area contributed by atoms with Crippen LogP contribution >= 0.6 is 15.9 Å². The fourth-order valence-corrected chi connectivity index (χ4v) is 2.24. The van der Waals surface area contributed by atoms with Gasteiger partial charge in [0.2, 0.25) is 0 Å². The number of hydrogen-bond donors (Lipinski definition) is 1. The van der Waals surface area contributed by atoms with E-state index >= 15 is 0 Å². The van der Waals surface area contributed by atoms with Gasteiger partial charge >= 0.3 is 0 Å². The zero-order valence-corrected chi connectivity index (χ0v) is 12.1. The topological polar surface area (TPSA) is 55.6 Å². The van der Waals surface area contributed by atoms with Crippen LogP contribution in [0.15, 0.2) is 34.9 Å². The van der Waals surface area contributed by atoms with Gasteiger partial charge < -0.3 is 5.32 Å². The minimum absolute atomic E-state index is 0.718. The highest BCUT2D eigenvalue weighted by Gasteiger charge is 2.11. The molecule has 2 aromatic heterocycles. The fourth-order valence-electron chi connectivity index (χ4n) is 1.98. The zero-order chi connectivity index (χ0) is 13.4. The van der Waals surface area contributed by atoms with Gasteiger partial charge in [0.25, 0.3) is 0 Å². The number of benzene rings is 1. The number of nitrogens with zero attached hydrogens (tertiary/aromatic N) is 4. The first-order chi connectivity index (χ1) is 9.19. The van der Waals surface area contributed by atoms with Gasteiger partial charge in [-0.3, -0.25) is 0 Å². The maximum absolute atomic E-state index is 4.48. The minimum atomic E-state index is 0.718. The second kappa shape index (κ2) is 4.62. The number of aromatic nitrogens is 4. The summed E-state index contributed by atoms with van der Waals surface area (Å²) in [5.74, 6) is 1.52. The van der Waals surface area contributed by atoms with E-state index in [0.717, 1.165) is 32.8 Å². The Kier molecular flexibility index (Phi) is 2.94. The molecule has 1 aromatic carbocycles. The molecule has 19 heavy (non-hydrogen) atoms. The van der Waals surface area contributed by atoms with E-state index in [1.165, 1.54) is 0 Å². The lowest BCUT2D eigenvalue weighted by atomic mass is 10.3. The van der Waals surface area contributed by atoms with E-state index in [0.29, 0.717) is 0 Å². The van der Waals surface area contributed by atoms with E-state index < -0.39 is 0 Å². The summed E-state index contributed by atoms with van der Waals surface area (Å²) in [5, 5.41) is 8.39. The lowest BCUT2D eigenvalue weighted by molar-refractivity contribution is 0.889. The van der Waals surface area contributed by atoms with Crippen LogP contribution in [-0.2, 0) is 0 Å². The van der Waals surface area contributed by atoms with Crippen LogP contribution in [0.3, 0.4) is 0 Å². The Morgan fingerprint density at radius 1 is 1.16 bits per heavy atom. The molecule has 0 saturated heterocycles. The normalized spacial score (nSPS) is 10.9. The summed E-state index contributed by atoms with van der Waals surface area (Å²) >= 11 is 3.43. The first-order valence-corrected chi connectivity index (χ1v) is 6.64. The summed E-state index contributed by atoms with van der Waals surface area (Å²) in [4.78, 5) is 8.84. The quantitative estimate of drug-likeness (QED) is 0.789. The van der Waals surface area contributed by atoms with Crippen LogP contribution in [0, 0.1) is 6.92 Å². The average molecular weight is 318 g/mol. The number of nitrogens with one attached hydrogen (secondary N) is 1. The van der Waals surface area contributed by atoms with Crippen LogP contribution < -0.4 is 5.32 Å². The maximum atomic E-state index is 4.48. The molecule has 6 heteroatoms. The molecule has 0 amide bonds. The summed E-state index contributed by atoms with van der Waals surface area (Å²) in [7, 11) is 1.85. The Morgan fingerprint density at radius 2 is 1.89 bits per heavy atom. The highest BCUT2D eigenvalue weighted by Crippen LogP contribution is 2.23. The minimum Gasteiger partial charge on any atom is -0.372 e. The highest BCUT2D eigenvalue weighted by molar-refractivity contribution is 9.10. The second-order valence-electron chi connectivity index (χ2n) is 4.14. The van der Waals surface area contributed by atoms with Crippen molar-refractivity contribution < 1.29 is 0 Å². The average Bonchev–Trinajstić information content (AvgIpc) is 2.82. The van der Waals surface area contributed by atoms with Gasteiger partial charge in [-0.2, -0.15) is 5.10 Å². The maximum Gasteiger partial charge on any atom is 0.168 e. The van der Waals surface area contributed by atoms with Crippen LogP contribution in [-0.4, -0.2) is 26.8 Å². The Hall–Kier alpha value is -1.95. The van der Waals surface area contributed by atoms with Gasteiger partial charge in [0.15, 0.2) is 5.65 Å². The molecule has 0 aliphatic rings. The third-order valence-electron chi connectivity index (χ3n) is 2.85. The number of hydrogen-bond acceptors (Lipinski definition) is 4. The zero-order valence-electron chi connectivity index (χ0n) is 10.6. The van der Waals surface area contributed by atoms with Crippen molar-refractivity contribution in [3.63, 3.8) is 0 Å². The summed E-state index contributed by atoms with van der Waals surface area (Å²) in [6.45, 7) is 1.87. The van der Waals surface area contributed by atoms with E-state index in [4.69, 9.17) is 0 Å². The molecule has 96 valence electrons. The predicted molar refractivity (Wildman–Crippen MR) is 78.6 cm³/mol. The van der Waals surface area contributed by atoms with Crippen molar-refractivity contribution in [3.8, 4) is 5.69 Å². The first kappa shape index (κ1) is 12.1. The molecule has 0 atom stereocenters. The van der Waals surface area contributed by atoms with Gasteiger partial charge in [-0.05, 0) is 31.2 Å². The second-order valence-corrected chi connectivity index (χ2v) is 5.06. The number of anilines is 1. The molecule has 0 unspecified atom stereocenters. The molecule has 0 aliphatic carbocycles. The lowest BCUT2D eigenvalue weighted by Crippen LogP contribution is -2.01. The summed E-state index contributed by atoms with van der Waals surface area (Å²) in [6.07, 6.45) is 1.78. The third-order valence-corrected chi connectivity index (χ3v) is 3.38. The van der Waals surface area contributed by atoms with E-state index in [-0.39, 0.29) is 0 Å². The molecular weight excluding hydrogens is 306 g/mol. The molecule has 5 nitrogen and oxygen atoms in total. The summed E-state index contributed by atoms with van der Waals surface area (Å²) < 4.78 is 2.85. The van der Waals surface area contributed by atoms with Crippen molar-refractivity contribution >= 4 is 32.8 Å². The van der Waals surface area contributed by atoms with Gasteiger partial charge in [0.1, 0.15) is 11.6 Å². The molecule has 0 spiro atoms. The van der Waals surface area contributed by atoms with Crippen molar-refractivity contribution in [2.75, 3.05) is 12.4 Å². The SMILES string of the molecule is CNc1nc(C)nc2c1cnn2-c1ccc(Br)cc1. The Labute approximate surface area is 118 Å². The molecule has 0 saturated carbocycles. The van der Waals surface area contributed by atoms with E-state index in [9.17, 15) is 0 Å². The Balaban J connectivity index is 2.25. The van der Waals surface area contributed by atoms with Crippen LogP contribution in [0.5, 0.6) is 0 Å². The molecule has 3 aromatic rings. The first-order valence-electron chi connectivity index (χ1n) is 5.85. The Bertz CT molecular complexity index is 733. The molecule has 0 aliphatic heterocycles. The number of halogens is 1. The van der Waals surface area contributed by atoms with Gasteiger partial charge in [-0.1, -0.05) is 15.9 Å². The van der Waals surface area contributed by atoms with Gasteiger partial charge in [0.05, 0.1) is 17.3 Å². The molecule has 0 bridgehead atoms. The van der Waals surface area contributed by atoms with Crippen molar-refractivity contribution in [2.24, 2.45) is 0 Å². The van der Waals surface area contributed by atoms with Crippen molar-refractivity contribution in [2.45, 2.75) is 6.92 Å². The highest BCUT2D eigenvalue weighted by atomic mass is 79.9. The standard InChI is InChI=1S/C13H12BrN5/c1-8-17-12(15-2)11-7-16-19(13(11)18-8)10-5-3-9(14)4-6-10/h3-7H,1-2H3,(H,15,17,18). The molecule has 3 rings (SSSR count). The number of fused-ring (bicyclic) bond motifs is 1. The van der Waals surface area contributed by atoms with Crippen LogP contribution in [0.2, 0.25) is 0 Å². The van der Waals surface area contributed by atoms with Crippen LogP contribution in [0.1, 0.15) is 5.82 Å². The van der Waals surface area contributed by atoms with E-state index in [1.807, 2.05) is 42.9 Å². The molecule has 1 N–H and O–H groups in total. The Morgan fingerprint density at radius 3 is 2.58 bits per heavy atom. The smallest absolute Gasteiger partial charge is 0.168 e. The van der Waals surface area contributed by atoms with Gasteiger partial charge in [-0.25, -0.2) is 14.6 Å². The predicted octanol–water partition coefficient (Wildman–Crippen LogP) is 2.93.